The second-order valence-electron chi connectivity index (χ2n) is 13.1. The van der Waals surface area contributed by atoms with Crippen LogP contribution in [0.5, 0.6) is 0 Å². The maximum absolute atomic E-state index is 4.20. The smallest absolute Gasteiger partial charge is 0.0462 e. The van der Waals surface area contributed by atoms with Gasteiger partial charge in [0, 0.05) is 34.1 Å². The van der Waals surface area contributed by atoms with Gasteiger partial charge in [-0.2, -0.15) is 0 Å². The van der Waals surface area contributed by atoms with Crippen molar-refractivity contribution in [2.75, 3.05) is 9.80 Å². The monoisotopic (exact) mass is 728 g/mol. The predicted octanol–water partition coefficient (Wildman–Crippen LogP) is 15.5. The van der Waals surface area contributed by atoms with Gasteiger partial charge in [0.25, 0.3) is 0 Å². The lowest BCUT2D eigenvalue weighted by Gasteiger charge is -2.27. The highest BCUT2D eigenvalue weighted by Crippen LogP contribution is 2.36. The lowest BCUT2D eigenvalue weighted by Crippen LogP contribution is -2.19. The zero-order chi connectivity index (χ0) is 39.5. The molecule has 2 heteroatoms. The summed E-state index contributed by atoms with van der Waals surface area (Å²) in [6.07, 6.45) is 28.9. The van der Waals surface area contributed by atoms with Gasteiger partial charge in [-0.25, -0.2) is 0 Å². The molecule has 0 aromatic heterocycles. The van der Waals surface area contributed by atoms with Gasteiger partial charge in [-0.05, 0) is 122 Å². The van der Waals surface area contributed by atoms with E-state index in [1.165, 1.54) is 5.56 Å². The Labute approximate surface area is 335 Å². The third-order valence-corrected chi connectivity index (χ3v) is 9.10. The van der Waals surface area contributed by atoms with Crippen molar-refractivity contribution in [1.29, 1.82) is 0 Å². The summed E-state index contributed by atoms with van der Waals surface area (Å²) in [5.41, 5.74) is 13.2. The normalized spacial score (nSPS) is 12.9. The summed E-state index contributed by atoms with van der Waals surface area (Å²) in [6.45, 7) is 16.3. The molecule has 5 aromatic rings. The zero-order valence-corrected chi connectivity index (χ0v) is 33.1. The van der Waals surface area contributed by atoms with Crippen LogP contribution < -0.4 is 9.80 Å². The second kappa shape index (κ2) is 21.1. The zero-order valence-electron chi connectivity index (χ0n) is 33.1. The molecule has 0 amide bonds. The number of nitrogens with zero attached hydrogens (tertiary/aromatic N) is 2. The highest BCUT2D eigenvalue weighted by molar-refractivity contribution is 5.79. The Morgan fingerprint density at radius 2 is 1.00 bits per heavy atom. The molecule has 0 aliphatic carbocycles. The van der Waals surface area contributed by atoms with Crippen molar-refractivity contribution in [2.45, 2.75) is 27.7 Å². The first-order valence-corrected chi connectivity index (χ1v) is 19.1. The van der Waals surface area contributed by atoms with Crippen molar-refractivity contribution < 1.29 is 0 Å². The number of rotatable bonds is 16. The maximum Gasteiger partial charge on any atom is 0.0462 e. The maximum atomic E-state index is 4.20. The van der Waals surface area contributed by atoms with Crippen LogP contribution in [0, 0.1) is 0 Å². The molecular weight excluding hydrogens is 677 g/mol. The van der Waals surface area contributed by atoms with Gasteiger partial charge in [-0.15, -0.1) is 0 Å². The average Bonchev–Trinajstić information content (AvgIpc) is 3.25. The largest absolute Gasteiger partial charge is 0.311 e. The van der Waals surface area contributed by atoms with Crippen LogP contribution in [0.1, 0.15) is 38.8 Å². The summed E-state index contributed by atoms with van der Waals surface area (Å²) in [5.74, 6) is 0. The first-order chi connectivity index (χ1) is 27.5. The van der Waals surface area contributed by atoms with Crippen molar-refractivity contribution in [3.8, 4) is 11.1 Å². The van der Waals surface area contributed by atoms with Crippen LogP contribution in [-0.4, -0.2) is 0 Å². The lowest BCUT2D eigenvalue weighted by atomic mass is 10.0. The highest BCUT2D eigenvalue weighted by atomic mass is 15.2. The average molecular weight is 729 g/mol. The summed E-state index contributed by atoms with van der Waals surface area (Å²) in [6, 6.07) is 47.1. The summed E-state index contributed by atoms with van der Waals surface area (Å²) < 4.78 is 0. The molecule has 0 fully saturated rings. The van der Waals surface area contributed by atoms with Gasteiger partial charge in [0.15, 0.2) is 0 Å². The fourth-order valence-corrected chi connectivity index (χ4v) is 6.27. The van der Waals surface area contributed by atoms with Crippen LogP contribution in [-0.2, 0) is 0 Å². The minimum absolute atomic E-state index is 0.980. The molecule has 0 unspecified atom stereocenters. The van der Waals surface area contributed by atoms with Crippen molar-refractivity contribution in [1.82, 2.24) is 0 Å². The van der Waals surface area contributed by atoms with Crippen LogP contribution >= 0.6 is 0 Å². The van der Waals surface area contributed by atoms with Gasteiger partial charge < -0.3 is 9.80 Å². The SMILES string of the molecule is C=C/C=C(\C=C/C)/C=C/c1ccc(N(c2ccccc2)c2ccc(-c3ccc(N(/C(C=C)=C/C=C(C)/C=C/c4ccccc4)C(/C=C\C)=C/C)cc3)cc2)cc1. The molecule has 56 heavy (non-hydrogen) atoms. The first-order valence-electron chi connectivity index (χ1n) is 19.1. The molecule has 0 aliphatic heterocycles. The molecule has 0 atom stereocenters. The van der Waals surface area contributed by atoms with Crippen LogP contribution in [0.2, 0.25) is 0 Å². The van der Waals surface area contributed by atoms with Crippen LogP contribution in [0.4, 0.5) is 22.7 Å². The van der Waals surface area contributed by atoms with Crippen LogP contribution in [0.3, 0.4) is 0 Å². The van der Waals surface area contributed by atoms with E-state index in [0.29, 0.717) is 0 Å². The van der Waals surface area contributed by atoms with Gasteiger partial charge in [0.2, 0.25) is 0 Å². The molecule has 0 saturated carbocycles. The molecule has 0 bridgehead atoms. The third kappa shape index (κ3) is 11.1. The Kier molecular flexibility index (Phi) is 15.2. The minimum Gasteiger partial charge on any atom is -0.311 e. The van der Waals surface area contributed by atoms with E-state index in [2.05, 4.69) is 225 Å². The summed E-state index contributed by atoms with van der Waals surface area (Å²) in [7, 11) is 0. The molecule has 0 heterocycles. The van der Waals surface area contributed by atoms with E-state index in [1.807, 2.05) is 44.2 Å². The lowest BCUT2D eigenvalue weighted by molar-refractivity contribution is 1.13. The summed E-state index contributed by atoms with van der Waals surface area (Å²) in [5, 5.41) is 0. The molecular formula is C54H52N2. The van der Waals surface area contributed by atoms with E-state index < -0.39 is 0 Å². The van der Waals surface area contributed by atoms with Gasteiger partial charge in [0.1, 0.15) is 0 Å². The molecule has 2 nitrogen and oxygen atoms in total. The van der Waals surface area contributed by atoms with Gasteiger partial charge in [-0.3, -0.25) is 0 Å². The van der Waals surface area contributed by atoms with E-state index in [-0.39, 0.29) is 0 Å². The fraction of sp³-hybridized carbons (Fsp3) is 0.0741. The number of benzene rings is 5. The van der Waals surface area contributed by atoms with Gasteiger partial charge in [-0.1, -0.05) is 170 Å². The van der Waals surface area contributed by atoms with Crippen molar-refractivity contribution in [3.05, 3.63) is 253 Å². The van der Waals surface area contributed by atoms with Crippen molar-refractivity contribution >= 4 is 34.9 Å². The number of anilines is 4. The number of hydrogen-bond acceptors (Lipinski definition) is 2. The van der Waals surface area contributed by atoms with Gasteiger partial charge >= 0.3 is 0 Å². The Morgan fingerprint density at radius 3 is 1.55 bits per heavy atom. The third-order valence-electron chi connectivity index (χ3n) is 9.10. The van der Waals surface area contributed by atoms with Crippen molar-refractivity contribution in [3.63, 3.8) is 0 Å². The van der Waals surface area contributed by atoms with E-state index in [4.69, 9.17) is 0 Å². The second-order valence-corrected chi connectivity index (χ2v) is 13.1. The number of para-hydroxylation sites is 1. The van der Waals surface area contributed by atoms with Crippen LogP contribution in [0.25, 0.3) is 23.3 Å². The van der Waals surface area contributed by atoms with E-state index in [9.17, 15) is 0 Å². The Hall–Kier alpha value is -6.90. The molecule has 0 aliphatic rings. The fourth-order valence-electron chi connectivity index (χ4n) is 6.27. The Morgan fingerprint density at radius 1 is 0.482 bits per heavy atom. The molecule has 0 radical (unpaired) electrons. The summed E-state index contributed by atoms with van der Waals surface area (Å²) in [4.78, 5) is 4.53. The summed E-state index contributed by atoms with van der Waals surface area (Å²) >= 11 is 0. The highest BCUT2D eigenvalue weighted by Gasteiger charge is 2.15. The molecule has 0 N–H and O–H groups in total. The number of allylic oxidation sites excluding steroid dienone is 14. The Balaban J connectivity index is 1.41. The molecule has 5 rings (SSSR count). The van der Waals surface area contributed by atoms with E-state index in [0.717, 1.165) is 62.0 Å². The quantitative estimate of drug-likeness (QED) is 0.0934. The standard InChI is InChI=1S/C54H52N2/c1-7-18-44(19-8-2)28-29-46-30-37-52(38-31-46)56(51-23-16-13-17-24-51)54-41-34-48(35-42-54)47-32-39-53(40-33-47)55(49(10-4)20-9-3)50(11-5)36-26-43(6)25-27-45-21-14-12-15-22-45/h7-42H,1,5H2,2-4,6H3/b19-8-,20-9-,27-25+,29-28+,43-26+,44-18+,49-10+,50-36+. The van der Waals surface area contributed by atoms with Crippen LogP contribution in [0.15, 0.2) is 242 Å². The first kappa shape index (κ1) is 40.3. The topological polar surface area (TPSA) is 6.48 Å². The number of hydrogen-bond donors (Lipinski definition) is 0. The molecule has 5 aromatic carbocycles. The predicted molar refractivity (Wildman–Crippen MR) is 247 cm³/mol. The van der Waals surface area contributed by atoms with Gasteiger partial charge in [0.05, 0.1) is 0 Å². The van der Waals surface area contributed by atoms with E-state index >= 15 is 0 Å². The van der Waals surface area contributed by atoms with E-state index in [1.54, 1.807) is 0 Å². The Bertz CT molecular complexity index is 2270. The van der Waals surface area contributed by atoms with Crippen molar-refractivity contribution in [2.24, 2.45) is 0 Å². The minimum atomic E-state index is 0.980. The molecule has 278 valence electrons. The molecule has 0 spiro atoms. The molecule has 0 saturated heterocycles.